The summed E-state index contributed by atoms with van der Waals surface area (Å²) in [5, 5.41) is 2.40. The standard InChI is InChI=1S/C26H24N2/c1-17-15-23(19-9-5-3-6-10-19)21-13-14-22-24(20-11-7-4-8-12-20)16-18(2)28-26(22)25(21)27-17/h3,5-6,9-11,13-16H,4,7-8,12H2,1-2H3. The predicted molar refractivity (Wildman–Crippen MR) is 118 cm³/mol. The van der Waals surface area contributed by atoms with Crippen LogP contribution in [0.4, 0.5) is 0 Å². The molecule has 0 bridgehead atoms. The second-order valence-electron chi connectivity index (χ2n) is 7.82. The third-order valence-corrected chi connectivity index (χ3v) is 5.74. The van der Waals surface area contributed by atoms with Gasteiger partial charge in [-0.1, -0.05) is 48.5 Å². The maximum atomic E-state index is 4.95. The van der Waals surface area contributed by atoms with Crippen LogP contribution in [0.5, 0.6) is 0 Å². The predicted octanol–water partition coefficient (Wildman–Crippen LogP) is 7.02. The lowest BCUT2D eigenvalue weighted by atomic mass is 9.90. The van der Waals surface area contributed by atoms with Crippen molar-refractivity contribution in [3.8, 4) is 11.1 Å². The molecule has 0 amide bonds. The van der Waals surface area contributed by atoms with Gasteiger partial charge in [0.25, 0.3) is 0 Å². The normalized spacial score (nSPS) is 14.4. The quantitative estimate of drug-likeness (QED) is 0.357. The maximum Gasteiger partial charge on any atom is 0.0974 e. The first-order valence-electron chi connectivity index (χ1n) is 10.2. The van der Waals surface area contributed by atoms with Crippen LogP contribution in [0.15, 0.2) is 60.7 Å². The highest BCUT2D eigenvalue weighted by atomic mass is 14.8. The molecule has 0 saturated heterocycles. The van der Waals surface area contributed by atoms with E-state index in [4.69, 9.17) is 9.97 Å². The molecule has 5 rings (SSSR count). The lowest BCUT2D eigenvalue weighted by Gasteiger charge is -2.17. The SMILES string of the molecule is Cc1cc(C2=CCCCC2)c2ccc3c(-c4ccccc4)cc(C)nc3c2n1. The van der Waals surface area contributed by atoms with Gasteiger partial charge in [0.05, 0.1) is 11.0 Å². The van der Waals surface area contributed by atoms with Crippen molar-refractivity contribution in [1.82, 2.24) is 9.97 Å². The van der Waals surface area contributed by atoms with Gasteiger partial charge in [-0.3, -0.25) is 9.97 Å². The molecule has 0 atom stereocenters. The summed E-state index contributed by atoms with van der Waals surface area (Å²) in [5.74, 6) is 0. The molecule has 2 aromatic heterocycles. The van der Waals surface area contributed by atoms with Crippen LogP contribution < -0.4 is 0 Å². The third kappa shape index (κ3) is 2.90. The van der Waals surface area contributed by atoms with E-state index < -0.39 is 0 Å². The first-order valence-corrected chi connectivity index (χ1v) is 10.2. The van der Waals surface area contributed by atoms with Gasteiger partial charge in [0.2, 0.25) is 0 Å². The summed E-state index contributed by atoms with van der Waals surface area (Å²) in [5.41, 5.74) is 9.39. The van der Waals surface area contributed by atoms with Crippen LogP contribution in [-0.2, 0) is 0 Å². The second-order valence-corrected chi connectivity index (χ2v) is 7.82. The van der Waals surface area contributed by atoms with E-state index in [-0.39, 0.29) is 0 Å². The van der Waals surface area contributed by atoms with Gasteiger partial charge in [0.1, 0.15) is 0 Å². The highest BCUT2D eigenvalue weighted by molar-refractivity contribution is 6.10. The fourth-order valence-corrected chi connectivity index (χ4v) is 4.44. The Hall–Kier alpha value is -3.00. The van der Waals surface area contributed by atoms with Gasteiger partial charge in [0.15, 0.2) is 0 Å². The molecule has 0 unspecified atom stereocenters. The Kier molecular flexibility index (Phi) is 4.20. The van der Waals surface area contributed by atoms with Crippen molar-refractivity contribution in [1.29, 1.82) is 0 Å². The first kappa shape index (κ1) is 17.1. The number of hydrogen-bond donors (Lipinski definition) is 0. The van der Waals surface area contributed by atoms with E-state index in [1.54, 1.807) is 0 Å². The topological polar surface area (TPSA) is 25.8 Å². The van der Waals surface area contributed by atoms with Crippen LogP contribution in [-0.4, -0.2) is 9.97 Å². The molecule has 2 heteroatoms. The van der Waals surface area contributed by atoms with Crippen LogP contribution in [0.2, 0.25) is 0 Å². The Labute approximate surface area is 166 Å². The number of aryl methyl sites for hydroxylation is 2. The van der Waals surface area contributed by atoms with E-state index in [0.717, 1.165) is 28.8 Å². The zero-order valence-corrected chi connectivity index (χ0v) is 16.5. The zero-order chi connectivity index (χ0) is 19.1. The molecule has 0 saturated carbocycles. The van der Waals surface area contributed by atoms with E-state index in [2.05, 4.69) is 74.5 Å². The van der Waals surface area contributed by atoms with Crippen molar-refractivity contribution in [2.45, 2.75) is 39.5 Å². The van der Waals surface area contributed by atoms with E-state index in [1.807, 2.05) is 0 Å². The van der Waals surface area contributed by atoms with Crippen molar-refractivity contribution >= 4 is 27.4 Å². The van der Waals surface area contributed by atoms with Crippen LogP contribution in [0.1, 0.15) is 42.6 Å². The third-order valence-electron chi connectivity index (χ3n) is 5.74. The van der Waals surface area contributed by atoms with Crippen LogP contribution >= 0.6 is 0 Å². The molecule has 0 aliphatic heterocycles. The average molecular weight is 364 g/mol. The van der Waals surface area contributed by atoms with Crippen LogP contribution in [0.3, 0.4) is 0 Å². The average Bonchev–Trinajstić information content (AvgIpc) is 2.74. The number of benzene rings is 2. The van der Waals surface area contributed by atoms with Crippen molar-refractivity contribution in [3.63, 3.8) is 0 Å². The molecule has 1 aliphatic carbocycles. The van der Waals surface area contributed by atoms with Crippen LogP contribution in [0.25, 0.3) is 38.5 Å². The minimum atomic E-state index is 1.01. The molecule has 0 N–H and O–H groups in total. The monoisotopic (exact) mass is 364 g/mol. The first-order chi connectivity index (χ1) is 13.7. The number of nitrogens with zero attached hydrogens (tertiary/aromatic N) is 2. The molecule has 0 fully saturated rings. The van der Waals surface area contributed by atoms with Gasteiger partial charge in [-0.05, 0) is 73.9 Å². The number of rotatable bonds is 2. The summed E-state index contributed by atoms with van der Waals surface area (Å²) in [7, 11) is 0. The van der Waals surface area contributed by atoms with E-state index in [0.29, 0.717) is 0 Å². The van der Waals surface area contributed by atoms with Crippen molar-refractivity contribution < 1.29 is 0 Å². The Morgan fingerprint density at radius 1 is 0.714 bits per heavy atom. The van der Waals surface area contributed by atoms with Crippen LogP contribution in [0, 0.1) is 13.8 Å². The number of hydrogen-bond acceptors (Lipinski definition) is 2. The fourth-order valence-electron chi connectivity index (χ4n) is 4.44. The summed E-state index contributed by atoms with van der Waals surface area (Å²) in [6, 6.07) is 19.5. The molecule has 28 heavy (non-hydrogen) atoms. The van der Waals surface area contributed by atoms with Crippen molar-refractivity contribution in [2.24, 2.45) is 0 Å². The fraction of sp³-hybridized carbons (Fsp3) is 0.231. The minimum absolute atomic E-state index is 1.01. The number of allylic oxidation sites excluding steroid dienone is 2. The minimum Gasteiger partial charge on any atom is -0.251 e. The Morgan fingerprint density at radius 2 is 1.36 bits per heavy atom. The molecule has 4 aromatic rings. The van der Waals surface area contributed by atoms with Gasteiger partial charge in [0, 0.05) is 22.2 Å². The molecule has 2 aromatic carbocycles. The largest absolute Gasteiger partial charge is 0.251 e. The van der Waals surface area contributed by atoms with Gasteiger partial charge in [-0.2, -0.15) is 0 Å². The smallest absolute Gasteiger partial charge is 0.0974 e. The summed E-state index contributed by atoms with van der Waals surface area (Å²) in [6.45, 7) is 4.17. The molecule has 138 valence electrons. The molecule has 0 radical (unpaired) electrons. The maximum absolute atomic E-state index is 4.95. The number of fused-ring (bicyclic) bond motifs is 3. The lowest BCUT2D eigenvalue weighted by Crippen LogP contribution is -1.98. The molecular weight excluding hydrogens is 340 g/mol. The van der Waals surface area contributed by atoms with E-state index in [9.17, 15) is 0 Å². The Balaban J connectivity index is 1.84. The Morgan fingerprint density at radius 3 is 2.00 bits per heavy atom. The van der Waals surface area contributed by atoms with E-state index >= 15 is 0 Å². The number of pyridine rings is 2. The summed E-state index contributed by atoms with van der Waals surface area (Å²) < 4.78 is 0. The summed E-state index contributed by atoms with van der Waals surface area (Å²) in [4.78, 5) is 9.88. The lowest BCUT2D eigenvalue weighted by molar-refractivity contribution is 0.742. The molecule has 1 aliphatic rings. The zero-order valence-electron chi connectivity index (χ0n) is 16.5. The van der Waals surface area contributed by atoms with Crippen molar-refractivity contribution in [3.05, 3.63) is 77.6 Å². The Bertz CT molecular complexity index is 1220. The number of aromatic nitrogens is 2. The van der Waals surface area contributed by atoms with E-state index in [1.165, 1.54) is 52.3 Å². The molecular formula is C26H24N2. The van der Waals surface area contributed by atoms with Gasteiger partial charge < -0.3 is 0 Å². The van der Waals surface area contributed by atoms with Gasteiger partial charge in [-0.25, -0.2) is 0 Å². The van der Waals surface area contributed by atoms with Crippen molar-refractivity contribution in [2.75, 3.05) is 0 Å². The highest BCUT2D eigenvalue weighted by Crippen LogP contribution is 2.37. The van der Waals surface area contributed by atoms with Gasteiger partial charge >= 0.3 is 0 Å². The summed E-state index contributed by atoms with van der Waals surface area (Å²) in [6.07, 6.45) is 7.34. The molecule has 2 nitrogen and oxygen atoms in total. The molecule has 0 spiro atoms. The molecule has 2 heterocycles. The van der Waals surface area contributed by atoms with Gasteiger partial charge in [-0.15, -0.1) is 0 Å². The second kappa shape index (κ2) is 6.87. The summed E-state index contributed by atoms with van der Waals surface area (Å²) >= 11 is 0. The highest BCUT2D eigenvalue weighted by Gasteiger charge is 2.16.